The molecule has 5 heteroatoms. The predicted octanol–water partition coefficient (Wildman–Crippen LogP) is 2.54. The van der Waals surface area contributed by atoms with Crippen molar-refractivity contribution in [3.05, 3.63) is 10.6 Å². The minimum Gasteiger partial charge on any atom is -0.319 e. The number of carbonyl (C=O) groups excluding carboxylic acids is 1. The molecule has 1 aliphatic carbocycles. The fourth-order valence-corrected chi connectivity index (χ4v) is 3.84. The number of alkyl halides is 1. The van der Waals surface area contributed by atoms with Gasteiger partial charge in [0.1, 0.15) is 0 Å². The summed E-state index contributed by atoms with van der Waals surface area (Å²) < 4.78 is 0. The molecule has 1 fully saturated rings. The number of carbonyl (C=O) groups is 1. The Kier molecular flexibility index (Phi) is 3.60. The van der Waals surface area contributed by atoms with E-state index in [2.05, 4.69) is 27.3 Å². The van der Waals surface area contributed by atoms with Crippen molar-refractivity contribution in [2.45, 2.75) is 36.3 Å². The van der Waals surface area contributed by atoms with E-state index in [1.807, 2.05) is 0 Å². The summed E-state index contributed by atoms with van der Waals surface area (Å²) >= 11 is 4.89. The molecule has 0 aromatic carbocycles. The third kappa shape index (κ3) is 2.14. The number of rotatable bonds is 2. The molecule has 3 atom stereocenters. The largest absolute Gasteiger partial charge is 0.319 e. The SMILES string of the molecule is C[C@H](Br)C(=O)NC1=C(C#N)[C@@H]2CCC[C@H]2S1. The molecule has 1 heterocycles. The summed E-state index contributed by atoms with van der Waals surface area (Å²) in [6, 6.07) is 2.26. The highest BCUT2D eigenvalue weighted by molar-refractivity contribution is 9.10. The summed E-state index contributed by atoms with van der Waals surface area (Å²) in [7, 11) is 0. The molecular formula is C11H13BrN2OS. The van der Waals surface area contributed by atoms with Crippen LogP contribution in [0.5, 0.6) is 0 Å². The molecule has 0 saturated heterocycles. The third-order valence-electron chi connectivity index (χ3n) is 3.06. The topological polar surface area (TPSA) is 52.9 Å². The maximum atomic E-state index is 11.6. The summed E-state index contributed by atoms with van der Waals surface area (Å²) in [6.45, 7) is 1.78. The fourth-order valence-electron chi connectivity index (χ4n) is 2.22. The van der Waals surface area contributed by atoms with Crippen LogP contribution < -0.4 is 5.32 Å². The molecule has 1 aliphatic heterocycles. The van der Waals surface area contributed by atoms with E-state index in [-0.39, 0.29) is 10.7 Å². The molecule has 86 valence electrons. The van der Waals surface area contributed by atoms with Crippen LogP contribution in [0.15, 0.2) is 10.6 Å². The average Bonchev–Trinajstić information content (AvgIpc) is 2.77. The van der Waals surface area contributed by atoms with Crippen LogP contribution in [0.25, 0.3) is 0 Å². The zero-order valence-electron chi connectivity index (χ0n) is 9.00. The molecule has 1 N–H and O–H groups in total. The number of hydrogen-bond acceptors (Lipinski definition) is 3. The van der Waals surface area contributed by atoms with Crippen LogP contribution in [-0.2, 0) is 4.79 Å². The van der Waals surface area contributed by atoms with Crippen LogP contribution in [-0.4, -0.2) is 16.0 Å². The quantitative estimate of drug-likeness (QED) is 0.797. The summed E-state index contributed by atoms with van der Waals surface area (Å²) in [5.74, 6) is 0.297. The summed E-state index contributed by atoms with van der Waals surface area (Å²) in [5.41, 5.74) is 0.786. The molecule has 0 spiro atoms. The number of allylic oxidation sites excluding steroid dienone is 1. The Morgan fingerprint density at radius 3 is 3.06 bits per heavy atom. The monoisotopic (exact) mass is 300 g/mol. The van der Waals surface area contributed by atoms with Crippen molar-refractivity contribution in [1.82, 2.24) is 5.32 Å². The van der Waals surface area contributed by atoms with Gasteiger partial charge in [0.05, 0.1) is 21.5 Å². The van der Waals surface area contributed by atoms with Crippen molar-refractivity contribution < 1.29 is 4.79 Å². The Labute approximate surface area is 108 Å². The van der Waals surface area contributed by atoms with Crippen LogP contribution in [0.1, 0.15) is 26.2 Å². The Morgan fingerprint density at radius 2 is 2.44 bits per heavy atom. The van der Waals surface area contributed by atoms with Crippen LogP contribution in [0.4, 0.5) is 0 Å². The van der Waals surface area contributed by atoms with Crippen molar-refractivity contribution in [3.63, 3.8) is 0 Å². The van der Waals surface area contributed by atoms with Gasteiger partial charge in [-0.2, -0.15) is 5.26 Å². The van der Waals surface area contributed by atoms with E-state index in [1.54, 1.807) is 18.7 Å². The van der Waals surface area contributed by atoms with Gasteiger partial charge in [-0.25, -0.2) is 0 Å². The number of hydrogen-bond donors (Lipinski definition) is 1. The molecule has 0 radical (unpaired) electrons. The van der Waals surface area contributed by atoms with Crippen molar-refractivity contribution in [1.29, 1.82) is 5.26 Å². The third-order valence-corrected chi connectivity index (χ3v) is 4.90. The molecule has 0 bridgehead atoms. The smallest absolute Gasteiger partial charge is 0.238 e. The first kappa shape index (κ1) is 12.0. The lowest BCUT2D eigenvalue weighted by atomic mass is 9.99. The van der Waals surface area contributed by atoms with Crippen LogP contribution >= 0.6 is 27.7 Å². The first-order valence-electron chi connectivity index (χ1n) is 5.39. The molecule has 0 unspecified atom stereocenters. The molecule has 0 aromatic heterocycles. The molecule has 0 aromatic rings. The van der Waals surface area contributed by atoms with Gasteiger partial charge in [0.2, 0.25) is 5.91 Å². The Balaban J connectivity index is 2.14. The number of nitrogens with zero attached hydrogens (tertiary/aromatic N) is 1. The molecule has 2 rings (SSSR count). The van der Waals surface area contributed by atoms with Crippen LogP contribution in [0, 0.1) is 17.2 Å². The summed E-state index contributed by atoms with van der Waals surface area (Å²) in [4.78, 5) is 11.3. The van der Waals surface area contributed by atoms with E-state index < -0.39 is 0 Å². The van der Waals surface area contributed by atoms with Gasteiger partial charge in [-0.15, -0.1) is 11.8 Å². The number of halogens is 1. The minimum atomic E-state index is -0.221. The normalized spacial score (nSPS) is 29.8. The maximum absolute atomic E-state index is 11.6. The molecule has 1 amide bonds. The number of thioether (sulfide) groups is 1. The predicted molar refractivity (Wildman–Crippen MR) is 67.9 cm³/mol. The molecular weight excluding hydrogens is 288 g/mol. The van der Waals surface area contributed by atoms with E-state index in [1.165, 1.54) is 6.42 Å². The van der Waals surface area contributed by atoms with E-state index in [9.17, 15) is 4.79 Å². The summed E-state index contributed by atoms with van der Waals surface area (Å²) in [5, 5.41) is 13.3. The van der Waals surface area contributed by atoms with Gasteiger partial charge >= 0.3 is 0 Å². The Morgan fingerprint density at radius 1 is 1.69 bits per heavy atom. The van der Waals surface area contributed by atoms with Gasteiger partial charge < -0.3 is 5.32 Å². The molecule has 1 saturated carbocycles. The second kappa shape index (κ2) is 4.80. The van der Waals surface area contributed by atoms with Gasteiger partial charge in [-0.1, -0.05) is 22.4 Å². The van der Waals surface area contributed by atoms with Crippen LogP contribution in [0.2, 0.25) is 0 Å². The molecule has 3 nitrogen and oxygen atoms in total. The van der Waals surface area contributed by atoms with E-state index >= 15 is 0 Å². The number of nitrogens with one attached hydrogen (secondary N) is 1. The van der Waals surface area contributed by atoms with Crippen molar-refractivity contribution in [3.8, 4) is 6.07 Å². The standard InChI is InChI=1S/C11H13BrN2OS/c1-6(12)10(15)14-11-8(5-13)7-3-2-4-9(7)16-11/h6-7,9H,2-4H2,1H3,(H,14,15)/t6-,7-,9+/m0/s1. The molecule has 16 heavy (non-hydrogen) atoms. The number of fused-ring (bicyclic) bond motifs is 1. The maximum Gasteiger partial charge on any atom is 0.238 e. The highest BCUT2D eigenvalue weighted by Crippen LogP contribution is 2.49. The van der Waals surface area contributed by atoms with E-state index in [4.69, 9.17) is 5.26 Å². The van der Waals surface area contributed by atoms with Gasteiger partial charge in [-0.05, 0) is 19.8 Å². The summed E-state index contributed by atoms with van der Waals surface area (Å²) in [6.07, 6.45) is 3.44. The average molecular weight is 301 g/mol. The lowest BCUT2D eigenvalue weighted by Gasteiger charge is -2.08. The Hall–Kier alpha value is -0.470. The van der Waals surface area contributed by atoms with Gasteiger partial charge in [0.15, 0.2) is 0 Å². The lowest BCUT2D eigenvalue weighted by Crippen LogP contribution is -2.28. The first-order valence-corrected chi connectivity index (χ1v) is 7.19. The zero-order chi connectivity index (χ0) is 11.7. The lowest BCUT2D eigenvalue weighted by molar-refractivity contribution is -0.119. The first-order chi connectivity index (χ1) is 7.63. The fraction of sp³-hybridized carbons (Fsp3) is 0.636. The molecule has 2 aliphatic rings. The highest BCUT2D eigenvalue weighted by atomic mass is 79.9. The van der Waals surface area contributed by atoms with E-state index in [0.29, 0.717) is 11.2 Å². The second-order valence-corrected chi connectivity index (χ2v) is 6.78. The van der Waals surface area contributed by atoms with Gasteiger partial charge in [-0.3, -0.25) is 4.79 Å². The number of amides is 1. The van der Waals surface area contributed by atoms with E-state index in [0.717, 1.165) is 23.4 Å². The second-order valence-electron chi connectivity index (χ2n) is 4.15. The highest BCUT2D eigenvalue weighted by Gasteiger charge is 2.39. The van der Waals surface area contributed by atoms with Crippen LogP contribution in [0.3, 0.4) is 0 Å². The van der Waals surface area contributed by atoms with Crippen molar-refractivity contribution >= 4 is 33.6 Å². The van der Waals surface area contributed by atoms with Gasteiger partial charge in [0.25, 0.3) is 0 Å². The Bertz CT molecular complexity index is 386. The minimum absolute atomic E-state index is 0.0739. The number of nitriles is 1. The zero-order valence-corrected chi connectivity index (χ0v) is 11.4. The van der Waals surface area contributed by atoms with Crippen molar-refractivity contribution in [2.24, 2.45) is 5.92 Å². The van der Waals surface area contributed by atoms with Crippen molar-refractivity contribution in [2.75, 3.05) is 0 Å². The van der Waals surface area contributed by atoms with Gasteiger partial charge in [0, 0.05) is 11.2 Å².